The highest BCUT2D eigenvalue weighted by Gasteiger charge is 2.22. The summed E-state index contributed by atoms with van der Waals surface area (Å²) in [6, 6.07) is 0. The molecule has 112 valence electrons. The second-order valence-corrected chi connectivity index (χ2v) is 8.58. The highest BCUT2D eigenvalue weighted by atomic mass is 79.9. The Labute approximate surface area is 133 Å². The molecule has 1 heterocycles. The maximum absolute atomic E-state index is 12.0. The van der Waals surface area contributed by atoms with Crippen LogP contribution < -0.4 is 5.56 Å². The van der Waals surface area contributed by atoms with Crippen LogP contribution in [0.3, 0.4) is 0 Å². The first kappa shape index (κ1) is 16.1. The molecule has 0 atom stereocenters. The van der Waals surface area contributed by atoms with E-state index in [-0.39, 0.29) is 11.0 Å². The van der Waals surface area contributed by atoms with Gasteiger partial charge in [-0.05, 0) is 28.8 Å². The maximum Gasteiger partial charge on any atom is 0.265 e. The van der Waals surface area contributed by atoms with E-state index >= 15 is 0 Å². The van der Waals surface area contributed by atoms with Gasteiger partial charge in [0.15, 0.2) is 0 Å². The Bertz CT molecular complexity index is 516. The van der Waals surface area contributed by atoms with Crippen LogP contribution in [0, 0.1) is 0 Å². The van der Waals surface area contributed by atoms with Gasteiger partial charge < -0.3 is 4.98 Å². The Morgan fingerprint density at radius 2 is 1.95 bits per heavy atom. The molecule has 1 saturated carbocycles. The van der Waals surface area contributed by atoms with Gasteiger partial charge in [-0.1, -0.05) is 40.0 Å². The predicted molar refractivity (Wildman–Crippen MR) is 89.4 cm³/mol. The van der Waals surface area contributed by atoms with Crippen LogP contribution in [0.15, 0.2) is 9.27 Å². The van der Waals surface area contributed by atoms with Crippen molar-refractivity contribution in [1.82, 2.24) is 9.97 Å². The van der Waals surface area contributed by atoms with Gasteiger partial charge in [-0.25, -0.2) is 4.98 Å². The van der Waals surface area contributed by atoms with Crippen LogP contribution in [0.2, 0.25) is 0 Å². The third-order valence-electron chi connectivity index (χ3n) is 3.63. The lowest BCUT2D eigenvalue weighted by atomic mass is 9.92. The number of H-pyrrole nitrogens is 1. The van der Waals surface area contributed by atoms with E-state index in [0.29, 0.717) is 4.47 Å². The first-order valence-corrected chi connectivity index (χ1v) is 9.13. The number of nitrogens with zero attached hydrogens (tertiary/aromatic N) is 1. The minimum Gasteiger partial charge on any atom is -0.309 e. The zero-order valence-corrected chi connectivity index (χ0v) is 14.9. The van der Waals surface area contributed by atoms with E-state index in [4.69, 9.17) is 0 Å². The zero-order valence-electron chi connectivity index (χ0n) is 12.5. The summed E-state index contributed by atoms with van der Waals surface area (Å²) < 4.78 is 0.566. The number of halogens is 1. The molecule has 0 unspecified atom stereocenters. The van der Waals surface area contributed by atoms with Crippen molar-refractivity contribution in [3.63, 3.8) is 0 Å². The highest BCUT2D eigenvalue weighted by molar-refractivity contribution is 9.10. The molecule has 1 N–H and O–H groups in total. The first-order chi connectivity index (χ1) is 9.38. The molecular weight excluding hydrogens is 336 g/mol. The number of hydrogen-bond acceptors (Lipinski definition) is 3. The molecule has 0 amide bonds. The standard InChI is InChI=1S/C15H23BrN2OS/c1-15(2,3)13-12(16)14(19)18-11(17-13)9-20-10-7-5-4-6-8-10/h10H,4-9H2,1-3H3,(H,17,18,19). The summed E-state index contributed by atoms with van der Waals surface area (Å²) in [5.41, 5.74) is 0.654. The van der Waals surface area contributed by atoms with Crippen molar-refractivity contribution in [3.8, 4) is 0 Å². The number of aromatic nitrogens is 2. The molecule has 0 aromatic carbocycles. The van der Waals surface area contributed by atoms with E-state index in [9.17, 15) is 4.79 Å². The lowest BCUT2D eigenvalue weighted by Gasteiger charge is -2.22. The fourth-order valence-corrected chi connectivity index (χ4v) is 4.48. The van der Waals surface area contributed by atoms with Gasteiger partial charge in [0, 0.05) is 10.7 Å². The van der Waals surface area contributed by atoms with Gasteiger partial charge in [0.2, 0.25) is 0 Å². The molecule has 1 aromatic rings. The smallest absolute Gasteiger partial charge is 0.265 e. The van der Waals surface area contributed by atoms with E-state index < -0.39 is 0 Å². The van der Waals surface area contributed by atoms with Gasteiger partial charge in [0.1, 0.15) is 10.3 Å². The monoisotopic (exact) mass is 358 g/mol. The molecular formula is C15H23BrN2OS. The topological polar surface area (TPSA) is 45.8 Å². The SMILES string of the molecule is CC(C)(C)c1nc(CSC2CCCCC2)[nH]c(=O)c1Br. The van der Waals surface area contributed by atoms with Crippen LogP contribution in [0.1, 0.15) is 64.4 Å². The van der Waals surface area contributed by atoms with E-state index in [1.165, 1.54) is 32.1 Å². The van der Waals surface area contributed by atoms with Crippen molar-refractivity contribution in [2.45, 2.75) is 69.3 Å². The fraction of sp³-hybridized carbons (Fsp3) is 0.733. The largest absolute Gasteiger partial charge is 0.309 e. The van der Waals surface area contributed by atoms with E-state index in [0.717, 1.165) is 22.5 Å². The van der Waals surface area contributed by atoms with Crippen LogP contribution in [0.5, 0.6) is 0 Å². The van der Waals surface area contributed by atoms with Gasteiger partial charge in [-0.2, -0.15) is 11.8 Å². The predicted octanol–water partition coefficient (Wildman–Crippen LogP) is 4.40. The van der Waals surface area contributed by atoms with Crippen LogP contribution in [-0.2, 0) is 11.2 Å². The molecule has 20 heavy (non-hydrogen) atoms. The summed E-state index contributed by atoms with van der Waals surface area (Å²) >= 11 is 5.30. The van der Waals surface area contributed by atoms with Crippen LogP contribution in [-0.4, -0.2) is 15.2 Å². The Kier molecular flexibility index (Phi) is 5.35. The van der Waals surface area contributed by atoms with Crippen molar-refractivity contribution >= 4 is 27.7 Å². The molecule has 5 heteroatoms. The van der Waals surface area contributed by atoms with Gasteiger partial charge >= 0.3 is 0 Å². The number of hydrogen-bond donors (Lipinski definition) is 1. The van der Waals surface area contributed by atoms with E-state index in [2.05, 4.69) is 46.7 Å². The molecule has 1 aromatic heterocycles. The van der Waals surface area contributed by atoms with E-state index in [1.807, 2.05) is 11.8 Å². The summed E-state index contributed by atoms with van der Waals surface area (Å²) in [6.07, 6.45) is 6.66. The normalized spacial score (nSPS) is 17.4. The molecule has 0 saturated heterocycles. The van der Waals surface area contributed by atoms with Gasteiger partial charge in [0.25, 0.3) is 5.56 Å². The Morgan fingerprint density at radius 1 is 1.30 bits per heavy atom. The molecule has 1 aliphatic carbocycles. The van der Waals surface area contributed by atoms with Crippen molar-refractivity contribution in [2.24, 2.45) is 0 Å². The van der Waals surface area contributed by atoms with Gasteiger partial charge in [-0.3, -0.25) is 4.79 Å². The Hall–Kier alpha value is -0.290. The summed E-state index contributed by atoms with van der Waals surface area (Å²) in [7, 11) is 0. The van der Waals surface area contributed by atoms with Gasteiger partial charge in [-0.15, -0.1) is 0 Å². The quantitative estimate of drug-likeness (QED) is 0.870. The minimum atomic E-state index is -0.128. The van der Waals surface area contributed by atoms with Gasteiger partial charge in [0.05, 0.1) is 11.4 Å². The van der Waals surface area contributed by atoms with Crippen molar-refractivity contribution in [3.05, 3.63) is 26.3 Å². The molecule has 0 bridgehead atoms. The van der Waals surface area contributed by atoms with Crippen LogP contribution >= 0.6 is 27.7 Å². The second kappa shape index (κ2) is 6.65. The zero-order chi connectivity index (χ0) is 14.8. The fourth-order valence-electron chi connectivity index (χ4n) is 2.50. The highest BCUT2D eigenvalue weighted by Crippen LogP contribution is 2.30. The maximum atomic E-state index is 12.0. The van der Waals surface area contributed by atoms with Crippen LogP contribution in [0.25, 0.3) is 0 Å². The van der Waals surface area contributed by atoms with Crippen molar-refractivity contribution < 1.29 is 0 Å². The van der Waals surface area contributed by atoms with Crippen LogP contribution in [0.4, 0.5) is 0 Å². The third kappa shape index (κ3) is 4.10. The molecule has 1 aliphatic rings. The molecule has 3 nitrogen and oxygen atoms in total. The van der Waals surface area contributed by atoms with Crippen molar-refractivity contribution in [2.75, 3.05) is 0 Å². The molecule has 0 spiro atoms. The number of nitrogens with one attached hydrogen (secondary N) is 1. The second-order valence-electron chi connectivity index (χ2n) is 6.50. The van der Waals surface area contributed by atoms with E-state index in [1.54, 1.807) is 0 Å². The third-order valence-corrected chi connectivity index (χ3v) is 5.75. The Balaban J connectivity index is 2.12. The number of aromatic amines is 1. The molecule has 0 radical (unpaired) electrons. The molecule has 2 rings (SSSR count). The average molecular weight is 359 g/mol. The molecule has 1 fully saturated rings. The summed E-state index contributed by atoms with van der Waals surface area (Å²) in [4.78, 5) is 19.6. The summed E-state index contributed by atoms with van der Waals surface area (Å²) in [6.45, 7) is 6.24. The average Bonchev–Trinajstić information content (AvgIpc) is 2.40. The Morgan fingerprint density at radius 3 is 2.55 bits per heavy atom. The lowest BCUT2D eigenvalue weighted by molar-refractivity contribution is 0.515. The lowest BCUT2D eigenvalue weighted by Crippen LogP contribution is -2.23. The summed E-state index contributed by atoms with van der Waals surface area (Å²) in [5.74, 6) is 1.61. The number of thioether (sulfide) groups is 1. The summed E-state index contributed by atoms with van der Waals surface area (Å²) in [5, 5.41) is 0.732. The first-order valence-electron chi connectivity index (χ1n) is 7.28. The number of rotatable bonds is 3. The molecule has 0 aliphatic heterocycles. The minimum absolute atomic E-state index is 0.0656. The van der Waals surface area contributed by atoms with Crippen molar-refractivity contribution in [1.29, 1.82) is 0 Å².